The van der Waals surface area contributed by atoms with Gasteiger partial charge in [-0.1, -0.05) is 61.2 Å². The third-order valence-corrected chi connectivity index (χ3v) is 6.87. The van der Waals surface area contributed by atoms with Gasteiger partial charge in [0, 0.05) is 6.42 Å². The molecule has 1 heterocycles. The van der Waals surface area contributed by atoms with Gasteiger partial charge in [-0.15, -0.1) is 10.2 Å². The second kappa shape index (κ2) is 9.47. The van der Waals surface area contributed by atoms with Crippen LogP contribution in [-0.4, -0.2) is 25.8 Å². The number of rotatable bonds is 8. The molecule has 1 aliphatic carbocycles. The summed E-state index contributed by atoms with van der Waals surface area (Å²) in [7, 11) is 0. The number of nitrogens with zero attached hydrogens (tertiary/aromatic N) is 3. The minimum Gasteiger partial charge on any atom is -0.486 e. The van der Waals surface area contributed by atoms with Crippen LogP contribution >= 0.6 is 11.8 Å². The highest BCUT2D eigenvalue weighted by Gasteiger charge is 2.29. The van der Waals surface area contributed by atoms with E-state index in [-0.39, 0.29) is 11.3 Å². The molecule has 0 aliphatic heterocycles. The standard InChI is InChI=1S/C24H27N3O2S/c1-3-18-12-14-20(15-13-18)29-16-23-25-26-24(30-22-11-7-10-21(22)28)27(23)17(2)19-8-5-4-6-9-19/h4-6,8-9,12-15,17,22H,3,7,10-11,16H2,1-2H3/t17-,22+/m0/s1. The predicted molar refractivity (Wildman–Crippen MR) is 119 cm³/mol. The van der Waals surface area contributed by atoms with Crippen LogP contribution in [0, 0.1) is 0 Å². The number of benzene rings is 2. The van der Waals surface area contributed by atoms with Crippen LogP contribution in [0.5, 0.6) is 5.75 Å². The Morgan fingerprint density at radius 1 is 1.13 bits per heavy atom. The van der Waals surface area contributed by atoms with E-state index in [1.54, 1.807) is 11.8 Å². The first-order valence-electron chi connectivity index (χ1n) is 10.6. The lowest BCUT2D eigenvalue weighted by Gasteiger charge is -2.19. The number of carbonyl (C=O) groups is 1. The van der Waals surface area contributed by atoms with Gasteiger partial charge in [0.05, 0.1) is 11.3 Å². The molecule has 0 amide bonds. The maximum absolute atomic E-state index is 12.2. The molecule has 0 bridgehead atoms. The first-order valence-corrected chi connectivity index (χ1v) is 11.4. The molecule has 5 nitrogen and oxygen atoms in total. The second-order valence-electron chi connectivity index (χ2n) is 7.61. The van der Waals surface area contributed by atoms with Crippen LogP contribution in [0.15, 0.2) is 59.8 Å². The Hall–Kier alpha value is -2.60. The van der Waals surface area contributed by atoms with E-state index in [4.69, 9.17) is 4.74 Å². The molecule has 1 aliphatic rings. The molecule has 1 fully saturated rings. The maximum atomic E-state index is 12.2. The van der Waals surface area contributed by atoms with Gasteiger partial charge in [-0.2, -0.15) is 0 Å². The Labute approximate surface area is 181 Å². The fourth-order valence-corrected chi connectivity index (χ4v) is 5.01. The third-order valence-electron chi connectivity index (χ3n) is 5.60. The van der Waals surface area contributed by atoms with Gasteiger partial charge in [0.25, 0.3) is 0 Å². The van der Waals surface area contributed by atoms with Gasteiger partial charge in [0.15, 0.2) is 11.0 Å². The van der Waals surface area contributed by atoms with Gasteiger partial charge < -0.3 is 4.74 Å². The Morgan fingerprint density at radius 3 is 2.57 bits per heavy atom. The molecular weight excluding hydrogens is 394 g/mol. The van der Waals surface area contributed by atoms with E-state index in [9.17, 15) is 4.79 Å². The predicted octanol–water partition coefficient (Wildman–Crippen LogP) is 5.24. The molecule has 0 spiro atoms. The van der Waals surface area contributed by atoms with Crippen molar-refractivity contribution in [3.05, 3.63) is 71.5 Å². The number of ketones is 1. The zero-order chi connectivity index (χ0) is 20.9. The Kier molecular flexibility index (Phi) is 6.53. The number of aryl methyl sites for hydroxylation is 1. The van der Waals surface area contributed by atoms with Crippen LogP contribution in [0.3, 0.4) is 0 Å². The van der Waals surface area contributed by atoms with Crippen molar-refractivity contribution in [3.8, 4) is 5.75 Å². The lowest BCUT2D eigenvalue weighted by molar-refractivity contribution is -0.116. The van der Waals surface area contributed by atoms with E-state index in [0.29, 0.717) is 18.8 Å². The Morgan fingerprint density at radius 2 is 1.90 bits per heavy atom. The van der Waals surface area contributed by atoms with Crippen molar-refractivity contribution in [3.63, 3.8) is 0 Å². The maximum Gasteiger partial charge on any atom is 0.192 e. The monoisotopic (exact) mass is 421 g/mol. The lowest BCUT2D eigenvalue weighted by atomic mass is 10.1. The minimum absolute atomic E-state index is 0.0220. The first-order chi connectivity index (χ1) is 14.7. The number of Topliss-reactive ketones (excluding diaryl/α,β-unsaturated/α-hetero) is 1. The number of carbonyl (C=O) groups excluding carboxylic acids is 1. The highest BCUT2D eigenvalue weighted by Crippen LogP contribution is 2.34. The number of aromatic nitrogens is 3. The number of hydrogen-bond donors (Lipinski definition) is 0. The molecule has 6 heteroatoms. The number of thioether (sulfide) groups is 1. The van der Waals surface area contributed by atoms with Gasteiger partial charge in [-0.05, 0) is 49.4 Å². The molecule has 1 aromatic heterocycles. The minimum atomic E-state index is -0.0220. The van der Waals surface area contributed by atoms with E-state index >= 15 is 0 Å². The summed E-state index contributed by atoms with van der Waals surface area (Å²) in [5, 5.41) is 9.64. The molecule has 1 saturated carbocycles. The molecule has 0 N–H and O–H groups in total. The van der Waals surface area contributed by atoms with Crippen LogP contribution in [0.1, 0.15) is 56.1 Å². The lowest BCUT2D eigenvalue weighted by Crippen LogP contribution is -2.16. The van der Waals surface area contributed by atoms with Gasteiger partial charge in [0.1, 0.15) is 18.1 Å². The summed E-state index contributed by atoms with van der Waals surface area (Å²) in [5.74, 6) is 1.89. The topological polar surface area (TPSA) is 57.0 Å². The summed E-state index contributed by atoms with van der Waals surface area (Å²) in [6.07, 6.45) is 3.54. The van der Waals surface area contributed by atoms with E-state index in [1.807, 2.05) is 30.3 Å². The van der Waals surface area contributed by atoms with Crippen LogP contribution < -0.4 is 4.74 Å². The van der Waals surface area contributed by atoms with Crippen LogP contribution in [0.4, 0.5) is 0 Å². The average Bonchev–Trinajstić information content (AvgIpc) is 3.38. The summed E-state index contributed by atoms with van der Waals surface area (Å²) in [5.41, 5.74) is 2.45. The molecule has 2 atom stereocenters. The molecule has 4 rings (SSSR count). The summed E-state index contributed by atoms with van der Waals surface area (Å²) < 4.78 is 8.14. The van der Waals surface area contributed by atoms with Crippen LogP contribution in [0.25, 0.3) is 0 Å². The van der Waals surface area contributed by atoms with Crippen molar-refractivity contribution < 1.29 is 9.53 Å². The fraction of sp³-hybridized carbons (Fsp3) is 0.375. The van der Waals surface area contributed by atoms with Crippen LogP contribution in [-0.2, 0) is 17.8 Å². The largest absolute Gasteiger partial charge is 0.486 e. The molecule has 0 radical (unpaired) electrons. The van der Waals surface area contributed by atoms with Gasteiger partial charge in [-0.3, -0.25) is 9.36 Å². The number of hydrogen-bond acceptors (Lipinski definition) is 5. The molecule has 0 unspecified atom stereocenters. The molecule has 156 valence electrons. The summed E-state index contributed by atoms with van der Waals surface area (Å²) in [4.78, 5) is 12.2. The summed E-state index contributed by atoms with van der Waals surface area (Å²) in [6, 6.07) is 18.5. The normalized spacial score (nSPS) is 17.3. The smallest absolute Gasteiger partial charge is 0.192 e. The van der Waals surface area contributed by atoms with Crippen molar-refractivity contribution in [2.45, 2.75) is 62.6 Å². The average molecular weight is 422 g/mol. The van der Waals surface area contributed by atoms with Crippen molar-refractivity contribution in [1.29, 1.82) is 0 Å². The Balaban J connectivity index is 1.59. The second-order valence-corrected chi connectivity index (χ2v) is 8.78. The van der Waals surface area contributed by atoms with E-state index < -0.39 is 0 Å². The first kappa shape index (κ1) is 20.7. The van der Waals surface area contributed by atoms with Crippen LogP contribution in [0.2, 0.25) is 0 Å². The summed E-state index contributed by atoms with van der Waals surface area (Å²) >= 11 is 1.54. The van der Waals surface area contributed by atoms with Crippen molar-refractivity contribution in [1.82, 2.24) is 14.8 Å². The zero-order valence-electron chi connectivity index (χ0n) is 17.5. The highest BCUT2D eigenvalue weighted by molar-refractivity contribution is 8.00. The van der Waals surface area contributed by atoms with Gasteiger partial charge >= 0.3 is 0 Å². The fourth-order valence-electron chi connectivity index (χ4n) is 3.76. The molecular formula is C24H27N3O2S. The van der Waals surface area contributed by atoms with Gasteiger partial charge in [-0.25, -0.2) is 0 Å². The van der Waals surface area contributed by atoms with Crippen molar-refractivity contribution >= 4 is 17.5 Å². The number of ether oxygens (including phenoxy) is 1. The zero-order valence-corrected chi connectivity index (χ0v) is 18.3. The van der Waals surface area contributed by atoms with Crippen molar-refractivity contribution in [2.75, 3.05) is 0 Å². The molecule has 3 aromatic rings. The Bertz CT molecular complexity index is 985. The summed E-state index contributed by atoms with van der Waals surface area (Å²) in [6.45, 7) is 4.60. The highest BCUT2D eigenvalue weighted by atomic mass is 32.2. The van der Waals surface area contributed by atoms with E-state index in [0.717, 1.165) is 36.0 Å². The quantitative estimate of drug-likeness (QED) is 0.498. The van der Waals surface area contributed by atoms with E-state index in [2.05, 4.69) is 52.9 Å². The third kappa shape index (κ3) is 4.59. The molecule has 0 saturated heterocycles. The van der Waals surface area contributed by atoms with Gasteiger partial charge in [0.2, 0.25) is 0 Å². The van der Waals surface area contributed by atoms with E-state index in [1.165, 1.54) is 11.1 Å². The molecule has 30 heavy (non-hydrogen) atoms. The SMILES string of the molecule is CCc1ccc(OCc2nnc(S[C@@H]3CCCC3=O)n2[C@@H](C)c2ccccc2)cc1. The molecule has 2 aromatic carbocycles. The van der Waals surface area contributed by atoms with Crippen molar-refractivity contribution in [2.24, 2.45) is 0 Å².